The van der Waals surface area contributed by atoms with Crippen molar-refractivity contribution in [1.29, 1.82) is 0 Å². The summed E-state index contributed by atoms with van der Waals surface area (Å²) < 4.78 is 11.2. The Morgan fingerprint density at radius 3 is 2.27 bits per heavy atom. The van der Waals surface area contributed by atoms with E-state index in [1.165, 1.54) is 0 Å². The number of carbonyl (C=O) groups excluding carboxylic acids is 1. The number of carbonyl (C=O) groups is 1. The molecule has 0 aliphatic rings. The molecule has 0 aliphatic heterocycles. The quantitative estimate of drug-likeness (QED) is 0.504. The fourth-order valence-electron chi connectivity index (χ4n) is 1.29. The summed E-state index contributed by atoms with van der Waals surface area (Å²) in [6, 6.07) is 0. The molecule has 1 atom stereocenters. The summed E-state index contributed by atoms with van der Waals surface area (Å²) in [5.74, 6) is 0. The molecule has 0 aromatic heterocycles. The average Bonchev–Trinajstić information content (AvgIpc) is 2.16. The SMILES string of the molecule is CCO[Si](OCC)C(C)CCCC(=O)S. The van der Waals surface area contributed by atoms with Gasteiger partial charge < -0.3 is 8.85 Å². The van der Waals surface area contributed by atoms with Crippen LogP contribution in [0.4, 0.5) is 0 Å². The van der Waals surface area contributed by atoms with Gasteiger partial charge in [-0.05, 0) is 26.7 Å². The summed E-state index contributed by atoms with van der Waals surface area (Å²) in [6.07, 6.45) is 2.39. The van der Waals surface area contributed by atoms with Gasteiger partial charge in [0, 0.05) is 25.2 Å². The van der Waals surface area contributed by atoms with Crippen molar-refractivity contribution >= 4 is 27.0 Å². The highest BCUT2D eigenvalue weighted by Gasteiger charge is 2.23. The summed E-state index contributed by atoms with van der Waals surface area (Å²) in [5, 5.41) is -0.0382. The van der Waals surface area contributed by atoms with Crippen LogP contribution in [-0.4, -0.2) is 27.6 Å². The molecular formula is C10H21O3SSi. The lowest BCUT2D eigenvalue weighted by Crippen LogP contribution is -2.27. The maximum absolute atomic E-state index is 10.7. The standard InChI is InChI=1S/C10H21O3SSi/c1-4-12-15(13-5-2)9(3)7-6-8-10(11)14/h9H,4-8H2,1-3H3,(H,11,14). The predicted octanol–water partition coefficient (Wildman–Crippen LogP) is 2.56. The Balaban J connectivity index is 3.79. The Hall–Kier alpha value is 0.157. The molecule has 0 amide bonds. The van der Waals surface area contributed by atoms with Crippen LogP contribution in [0.2, 0.25) is 5.54 Å². The van der Waals surface area contributed by atoms with E-state index in [4.69, 9.17) is 8.85 Å². The molecule has 0 spiro atoms. The zero-order valence-electron chi connectivity index (χ0n) is 9.78. The highest BCUT2D eigenvalue weighted by Crippen LogP contribution is 2.19. The van der Waals surface area contributed by atoms with Gasteiger partial charge in [-0.1, -0.05) is 6.92 Å². The number of thiol groups is 1. The van der Waals surface area contributed by atoms with Crippen molar-refractivity contribution in [2.75, 3.05) is 13.2 Å². The maximum Gasteiger partial charge on any atom is 0.387 e. The lowest BCUT2D eigenvalue weighted by Gasteiger charge is -2.19. The Labute approximate surface area is 99.8 Å². The van der Waals surface area contributed by atoms with Gasteiger partial charge in [0.1, 0.15) is 0 Å². The van der Waals surface area contributed by atoms with Crippen molar-refractivity contribution in [3.63, 3.8) is 0 Å². The van der Waals surface area contributed by atoms with E-state index in [9.17, 15) is 4.79 Å². The number of hydrogen-bond acceptors (Lipinski definition) is 3. The molecule has 0 heterocycles. The van der Waals surface area contributed by atoms with E-state index in [0.29, 0.717) is 25.2 Å². The number of hydrogen-bond donors (Lipinski definition) is 1. The van der Waals surface area contributed by atoms with E-state index in [1.54, 1.807) is 0 Å². The van der Waals surface area contributed by atoms with E-state index >= 15 is 0 Å². The highest BCUT2D eigenvalue weighted by atomic mass is 32.1. The second kappa shape index (κ2) is 9.39. The molecule has 0 aromatic rings. The first kappa shape index (κ1) is 15.2. The lowest BCUT2D eigenvalue weighted by molar-refractivity contribution is -0.110. The van der Waals surface area contributed by atoms with Crippen LogP contribution in [0.15, 0.2) is 0 Å². The fraction of sp³-hybridized carbons (Fsp3) is 0.900. The second-order valence-electron chi connectivity index (χ2n) is 3.37. The van der Waals surface area contributed by atoms with Crippen molar-refractivity contribution in [3.8, 4) is 0 Å². The van der Waals surface area contributed by atoms with Crippen LogP contribution in [-0.2, 0) is 13.6 Å². The van der Waals surface area contributed by atoms with Gasteiger partial charge in [0.05, 0.1) is 0 Å². The molecule has 0 saturated heterocycles. The number of rotatable bonds is 9. The predicted molar refractivity (Wildman–Crippen MR) is 66.3 cm³/mol. The Kier molecular flexibility index (Phi) is 9.49. The zero-order valence-corrected chi connectivity index (χ0v) is 11.7. The largest absolute Gasteiger partial charge is 0.393 e. The van der Waals surface area contributed by atoms with E-state index < -0.39 is 9.28 Å². The van der Waals surface area contributed by atoms with Crippen molar-refractivity contribution in [2.45, 2.75) is 45.6 Å². The lowest BCUT2D eigenvalue weighted by atomic mass is 10.2. The molecule has 1 unspecified atom stereocenters. The van der Waals surface area contributed by atoms with Crippen molar-refractivity contribution in [1.82, 2.24) is 0 Å². The Morgan fingerprint density at radius 2 is 1.87 bits per heavy atom. The van der Waals surface area contributed by atoms with E-state index in [1.807, 2.05) is 13.8 Å². The van der Waals surface area contributed by atoms with Crippen LogP contribution in [0.25, 0.3) is 0 Å². The smallest absolute Gasteiger partial charge is 0.387 e. The minimum Gasteiger partial charge on any atom is -0.393 e. The van der Waals surface area contributed by atoms with Crippen molar-refractivity contribution in [3.05, 3.63) is 0 Å². The van der Waals surface area contributed by atoms with Gasteiger partial charge in [-0.3, -0.25) is 4.79 Å². The second-order valence-corrected chi connectivity index (χ2v) is 6.07. The van der Waals surface area contributed by atoms with Crippen molar-refractivity contribution in [2.24, 2.45) is 0 Å². The first-order chi connectivity index (χ1) is 7.11. The summed E-state index contributed by atoms with van der Waals surface area (Å²) >= 11 is 3.74. The molecule has 0 bridgehead atoms. The summed E-state index contributed by atoms with van der Waals surface area (Å²) in [6.45, 7) is 7.48. The highest BCUT2D eigenvalue weighted by molar-refractivity contribution is 7.96. The average molecular weight is 249 g/mol. The first-order valence-corrected chi connectivity index (χ1v) is 7.30. The molecule has 89 valence electrons. The van der Waals surface area contributed by atoms with E-state index in [0.717, 1.165) is 12.8 Å². The summed E-state index contributed by atoms with van der Waals surface area (Å²) in [7, 11) is -1.16. The molecular weight excluding hydrogens is 228 g/mol. The van der Waals surface area contributed by atoms with Crippen LogP contribution >= 0.6 is 12.6 Å². The zero-order chi connectivity index (χ0) is 11.7. The van der Waals surface area contributed by atoms with Crippen LogP contribution in [0.1, 0.15) is 40.0 Å². The van der Waals surface area contributed by atoms with Gasteiger partial charge in [0.15, 0.2) is 5.12 Å². The van der Waals surface area contributed by atoms with Crippen molar-refractivity contribution < 1.29 is 13.6 Å². The minimum absolute atomic E-state index is 0.0382. The van der Waals surface area contributed by atoms with Crippen LogP contribution in [0.5, 0.6) is 0 Å². The molecule has 0 fully saturated rings. The molecule has 0 aromatic carbocycles. The molecule has 5 heteroatoms. The van der Waals surface area contributed by atoms with Gasteiger partial charge in [-0.15, -0.1) is 12.6 Å². The molecule has 0 rings (SSSR count). The fourth-order valence-corrected chi connectivity index (χ4v) is 3.11. The third-order valence-corrected chi connectivity index (χ3v) is 4.47. The molecule has 3 nitrogen and oxygen atoms in total. The Bertz CT molecular complexity index is 172. The summed E-state index contributed by atoms with van der Waals surface area (Å²) in [5.41, 5.74) is 0.419. The third kappa shape index (κ3) is 8.01. The van der Waals surface area contributed by atoms with Gasteiger partial charge >= 0.3 is 9.28 Å². The monoisotopic (exact) mass is 249 g/mol. The van der Waals surface area contributed by atoms with Crippen LogP contribution in [0.3, 0.4) is 0 Å². The van der Waals surface area contributed by atoms with E-state index in [-0.39, 0.29) is 5.12 Å². The van der Waals surface area contributed by atoms with Gasteiger partial charge in [0.25, 0.3) is 0 Å². The first-order valence-electron chi connectivity index (χ1n) is 5.46. The van der Waals surface area contributed by atoms with Gasteiger partial charge in [-0.2, -0.15) is 0 Å². The molecule has 1 radical (unpaired) electrons. The van der Waals surface area contributed by atoms with Gasteiger partial charge in [-0.25, -0.2) is 0 Å². The van der Waals surface area contributed by atoms with Gasteiger partial charge in [0.2, 0.25) is 0 Å². The van der Waals surface area contributed by atoms with E-state index in [2.05, 4.69) is 19.6 Å². The molecule has 0 N–H and O–H groups in total. The van der Waals surface area contributed by atoms with Crippen LogP contribution in [0, 0.1) is 0 Å². The van der Waals surface area contributed by atoms with Crippen LogP contribution < -0.4 is 0 Å². The minimum atomic E-state index is -1.16. The Morgan fingerprint density at radius 1 is 1.33 bits per heavy atom. The topological polar surface area (TPSA) is 35.5 Å². The maximum atomic E-state index is 10.7. The molecule has 0 aliphatic carbocycles. The third-order valence-electron chi connectivity index (χ3n) is 2.00. The summed E-state index contributed by atoms with van der Waals surface area (Å²) in [4.78, 5) is 10.7. The normalized spacial score (nSPS) is 13.1. The molecule has 15 heavy (non-hydrogen) atoms. The molecule has 0 saturated carbocycles.